The Hall–Kier alpha value is -2.40. The molecule has 0 aliphatic carbocycles. The molecule has 1 heterocycles. The summed E-state index contributed by atoms with van der Waals surface area (Å²) in [5, 5.41) is 0. The molecule has 0 spiro atoms. The number of quaternary nitrogens is 1. The number of ether oxygens (including phenoxy) is 3. The van der Waals surface area contributed by atoms with Crippen molar-refractivity contribution in [2.24, 2.45) is 0 Å². The van der Waals surface area contributed by atoms with Crippen LogP contribution >= 0.6 is 0 Å². The van der Waals surface area contributed by atoms with Gasteiger partial charge in [0, 0.05) is 17.3 Å². The minimum Gasteiger partial charge on any atom is -0.497 e. The van der Waals surface area contributed by atoms with Crippen molar-refractivity contribution in [1.29, 1.82) is 0 Å². The second-order valence-electron chi connectivity index (χ2n) is 6.29. The molecule has 0 unspecified atom stereocenters. The summed E-state index contributed by atoms with van der Waals surface area (Å²) in [6, 6.07) is 14.4. The molecular formula is C20H27N2O3+. The zero-order valence-corrected chi connectivity index (χ0v) is 15.2. The molecule has 25 heavy (non-hydrogen) atoms. The average Bonchev–Trinajstić information content (AvgIpc) is 2.69. The van der Waals surface area contributed by atoms with Gasteiger partial charge in [0.05, 0.1) is 47.5 Å². The predicted molar refractivity (Wildman–Crippen MR) is 99.2 cm³/mol. The summed E-state index contributed by atoms with van der Waals surface area (Å²) in [7, 11) is 5.10. The van der Waals surface area contributed by atoms with Crippen molar-refractivity contribution in [2.75, 3.05) is 52.4 Å². The van der Waals surface area contributed by atoms with Gasteiger partial charge < -0.3 is 24.0 Å². The topological polar surface area (TPSA) is 35.4 Å². The number of methoxy groups -OCH3 is 3. The van der Waals surface area contributed by atoms with Crippen molar-refractivity contribution in [3.05, 3.63) is 48.0 Å². The number of nitrogens with zero attached hydrogens (tertiary/aromatic N) is 1. The smallest absolute Gasteiger partial charge is 0.131 e. The van der Waals surface area contributed by atoms with Crippen molar-refractivity contribution in [3.63, 3.8) is 0 Å². The molecule has 0 saturated carbocycles. The van der Waals surface area contributed by atoms with Crippen LogP contribution in [0.5, 0.6) is 17.2 Å². The van der Waals surface area contributed by atoms with E-state index in [4.69, 9.17) is 14.2 Å². The molecular weight excluding hydrogens is 316 g/mol. The van der Waals surface area contributed by atoms with Gasteiger partial charge in [-0.3, -0.25) is 0 Å². The van der Waals surface area contributed by atoms with Gasteiger partial charge in [-0.05, 0) is 36.4 Å². The lowest BCUT2D eigenvalue weighted by Crippen LogP contribution is -3.13. The highest BCUT2D eigenvalue weighted by Crippen LogP contribution is 2.24. The Balaban J connectivity index is 1.59. The maximum absolute atomic E-state index is 5.53. The Kier molecular flexibility index (Phi) is 5.66. The van der Waals surface area contributed by atoms with Crippen LogP contribution in [-0.4, -0.2) is 47.5 Å². The molecule has 0 amide bonds. The summed E-state index contributed by atoms with van der Waals surface area (Å²) >= 11 is 0. The average molecular weight is 343 g/mol. The predicted octanol–water partition coefficient (Wildman–Crippen LogP) is 1.62. The fraction of sp³-hybridized carbons (Fsp3) is 0.400. The van der Waals surface area contributed by atoms with Crippen molar-refractivity contribution in [2.45, 2.75) is 6.54 Å². The van der Waals surface area contributed by atoms with Crippen molar-refractivity contribution in [3.8, 4) is 17.2 Å². The normalized spacial score (nSPS) is 15.1. The third kappa shape index (κ3) is 4.17. The van der Waals surface area contributed by atoms with Crippen LogP contribution in [0.4, 0.5) is 5.69 Å². The largest absolute Gasteiger partial charge is 0.497 e. The second-order valence-corrected chi connectivity index (χ2v) is 6.29. The van der Waals surface area contributed by atoms with E-state index in [1.54, 1.807) is 26.2 Å². The molecule has 1 fully saturated rings. The Morgan fingerprint density at radius 1 is 0.840 bits per heavy atom. The van der Waals surface area contributed by atoms with Crippen LogP contribution < -0.4 is 24.0 Å². The standard InChI is InChI=1S/C20H26N2O3/c1-23-18-8-5-17(6-9-18)22-12-10-21(11-13-22)15-16-4-7-19(24-2)14-20(16)25-3/h4-9,14H,10-13,15H2,1-3H3/p+1. The lowest BCUT2D eigenvalue weighted by atomic mass is 10.1. The number of benzene rings is 2. The molecule has 1 aliphatic heterocycles. The SMILES string of the molecule is COc1ccc(N2CC[NH+](Cc3ccc(OC)cc3OC)CC2)cc1. The van der Waals surface area contributed by atoms with E-state index in [-0.39, 0.29) is 0 Å². The van der Waals surface area contributed by atoms with Crippen LogP contribution in [-0.2, 0) is 6.54 Å². The molecule has 0 aromatic heterocycles. The molecule has 0 radical (unpaired) electrons. The van der Waals surface area contributed by atoms with Gasteiger partial charge in [0.2, 0.25) is 0 Å². The Morgan fingerprint density at radius 2 is 1.48 bits per heavy atom. The first-order valence-electron chi connectivity index (χ1n) is 8.67. The lowest BCUT2D eigenvalue weighted by Gasteiger charge is -2.34. The maximum Gasteiger partial charge on any atom is 0.131 e. The zero-order valence-electron chi connectivity index (χ0n) is 15.2. The molecule has 5 nitrogen and oxygen atoms in total. The number of piperazine rings is 1. The molecule has 1 aliphatic rings. The number of hydrogen-bond acceptors (Lipinski definition) is 4. The van der Waals surface area contributed by atoms with Gasteiger partial charge in [0.25, 0.3) is 0 Å². The summed E-state index contributed by atoms with van der Waals surface area (Å²) in [6.07, 6.45) is 0. The van der Waals surface area contributed by atoms with Crippen molar-refractivity contribution in [1.82, 2.24) is 0 Å². The third-order valence-electron chi connectivity index (χ3n) is 4.84. The first-order valence-corrected chi connectivity index (χ1v) is 8.67. The number of nitrogens with one attached hydrogen (secondary N) is 1. The highest BCUT2D eigenvalue weighted by atomic mass is 16.5. The van der Waals surface area contributed by atoms with Gasteiger partial charge in [0.15, 0.2) is 0 Å². The summed E-state index contributed by atoms with van der Waals surface area (Å²) in [6.45, 7) is 5.31. The van der Waals surface area contributed by atoms with Gasteiger partial charge in [-0.25, -0.2) is 0 Å². The Bertz CT molecular complexity index is 680. The number of rotatable bonds is 6. The molecule has 1 N–H and O–H groups in total. The van der Waals surface area contributed by atoms with Crippen LogP contribution in [0, 0.1) is 0 Å². The lowest BCUT2D eigenvalue weighted by molar-refractivity contribution is -0.914. The van der Waals surface area contributed by atoms with Crippen LogP contribution in [0.3, 0.4) is 0 Å². The minimum absolute atomic E-state index is 0.833. The van der Waals surface area contributed by atoms with E-state index in [2.05, 4.69) is 23.1 Å². The monoisotopic (exact) mass is 343 g/mol. The zero-order chi connectivity index (χ0) is 17.6. The van der Waals surface area contributed by atoms with E-state index in [1.807, 2.05) is 24.3 Å². The number of anilines is 1. The molecule has 2 aromatic rings. The minimum atomic E-state index is 0.833. The van der Waals surface area contributed by atoms with Crippen molar-refractivity contribution >= 4 is 5.69 Å². The first kappa shape index (κ1) is 17.4. The molecule has 2 aromatic carbocycles. The van der Waals surface area contributed by atoms with Crippen LogP contribution in [0.15, 0.2) is 42.5 Å². The quantitative estimate of drug-likeness (QED) is 0.865. The Morgan fingerprint density at radius 3 is 2.08 bits per heavy atom. The summed E-state index contributed by atoms with van der Waals surface area (Å²) in [4.78, 5) is 4.02. The summed E-state index contributed by atoms with van der Waals surface area (Å²) < 4.78 is 16.0. The van der Waals surface area contributed by atoms with E-state index >= 15 is 0 Å². The molecule has 3 rings (SSSR count). The van der Waals surface area contributed by atoms with E-state index in [9.17, 15) is 0 Å². The van der Waals surface area contributed by atoms with Crippen molar-refractivity contribution < 1.29 is 19.1 Å². The molecule has 134 valence electrons. The molecule has 1 saturated heterocycles. The number of hydrogen-bond donors (Lipinski definition) is 1. The highest BCUT2D eigenvalue weighted by molar-refractivity contribution is 5.49. The van der Waals surface area contributed by atoms with Gasteiger partial charge in [-0.1, -0.05) is 0 Å². The fourth-order valence-electron chi connectivity index (χ4n) is 3.32. The molecule has 0 atom stereocenters. The van der Waals surface area contributed by atoms with E-state index in [0.717, 1.165) is 50.0 Å². The molecule has 5 heteroatoms. The van der Waals surface area contributed by atoms with Gasteiger partial charge in [-0.2, -0.15) is 0 Å². The summed E-state index contributed by atoms with van der Waals surface area (Å²) in [5.41, 5.74) is 2.50. The maximum atomic E-state index is 5.53. The van der Waals surface area contributed by atoms with Gasteiger partial charge >= 0.3 is 0 Å². The first-order chi connectivity index (χ1) is 12.2. The van der Waals surface area contributed by atoms with Crippen LogP contribution in [0.2, 0.25) is 0 Å². The Labute approximate surface area is 149 Å². The van der Waals surface area contributed by atoms with Gasteiger partial charge in [0.1, 0.15) is 23.8 Å². The second kappa shape index (κ2) is 8.12. The van der Waals surface area contributed by atoms with Crippen LogP contribution in [0.1, 0.15) is 5.56 Å². The molecule has 0 bridgehead atoms. The third-order valence-corrected chi connectivity index (χ3v) is 4.84. The summed E-state index contributed by atoms with van der Waals surface area (Å²) in [5.74, 6) is 2.64. The van der Waals surface area contributed by atoms with E-state index in [0.29, 0.717) is 0 Å². The van der Waals surface area contributed by atoms with E-state index < -0.39 is 0 Å². The van der Waals surface area contributed by atoms with Gasteiger partial charge in [-0.15, -0.1) is 0 Å². The fourth-order valence-corrected chi connectivity index (χ4v) is 3.32. The van der Waals surface area contributed by atoms with E-state index in [1.165, 1.54) is 11.3 Å². The van der Waals surface area contributed by atoms with Crippen LogP contribution in [0.25, 0.3) is 0 Å². The highest BCUT2D eigenvalue weighted by Gasteiger charge is 2.21.